The summed E-state index contributed by atoms with van der Waals surface area (Å²) in [5, 5.41) is 1.96. The Balaban J connectivity index is 0.000000845. The lowest BCUT2D eigenvalue weighted by Crippen LogP contribution is -2.07. The second-order valence-electron chi connectivity index (χ2n) is 3.07. The van der Waals surface area contributed by atoms with E-state index in [-0.39, 0.29) is 24.0 Å². The Kier molecular flexibility index (Phi) is 4.37. The minimum absolute atomic E-state index is 0. The third-order valence-electron chi connectivity index (χ3n) is 2.25. The zero-order valence-electron chi connectivity index (χ0n) is 7.58. The lowest BCUT2D eigenvalue weighted by Gasteiger charge is -2.03. The highest BCUT2D eigenvalue weighted by Gasteiger charge is 2.24. The summed E-state index contributed by atoms with van der Waals surface area (Å²) < 4.78 is 3.55. The highest BCUT2D eigenvalue weighted by atomic mass is 127. The number of hydrogen-bond donors (Lipinski definition) is 0. The molecule has 1 aliphatic heterocycles. The largest absolute Gasteiger partial charge is 0.322 e. The monoisotopic (exact) mass is 422 g/mol. The fourth-order valence-electron chi connectivity index (χ4n) is 1.40. The molecule has 0 aliphatic carbocycles. The molecule has 1 unspecified atom stereocenters. The molecule has 13 heavy (non-hydrogen) atoms. The molecule has 0 spiro atoms. The van der Waals surface area contributed by atoms with Crippen LogP contribution in [0.3, 0.4) is 0 Å². The number of aryl methyl sites for hydroxylation is 1. The minimum atomic E-state index is 0. The number of fused-ring (bicyclic) bond motifs is 1. The number of aromatic nitrogens is 2. The smallest absolute Gasteiger partial charge is 0.168 e. The van der Waals surface area contributed by atoms with E-state index < -0.39 is 0 Å². The molecule has 1 aromatic rings. The Morgan fingerprint density at radius 3 is 2.85 bits per heavy atom. The molecule has 1 aliphatic rings. The third-order valence-corrected chi connectivity index (χ3v) is 5.09. The van der Waals surface area contributed by atoms with Crippen LogP contribution in [0.2, 0.25) is 0 Å². The van der Waals surface area contributed by atoms with E-state index in [2.05, 4.69) is 46.0 Å². The molecule has 0 bridgehead atoms. The van der Waals surface area contributed by atoms with Crippen LogP contribution in [0.4, 0.5) is 0 Å². The molecule has 5 heteroatoms. The van der Waals surface area contributed by atoms with Crippen molar-refractivity contribution in [1.29, 1.82) is 0 Å². The van der Waals surface area contributed by atoms with Crippen molar-refractivity contribution in [2.24, 2.45) is 0 Å². The zero-order chi connectivity index (χ0) is 8.72. The number of hydrogen-bond acceptors (Lipinski definition) is 2. The maximum atomic E-state index is 4.51. The van der Waals surface area contributed by atoms with E-state index in [1.807, 2.05) is 11.8 Å². The lowest BCUT2D eigenvalue weighted by molar-refractivity contribution is 0.656. The van der Waals surface area contributed by atoms with E-state index in [0.717, 1.165) is 11.8 Å². The molecule has 1 aromatic heterocycles. The highest BCUT2D eigenvalue weighted by Crippen LogP contribution is 2.34. The summed E-state index contributed by atoms with van der Waals surface area (Å²) in [5.74, 6) is 0. The van der Waals surface area contributed by atoms with Crippen molar-refractivity contribution >= 4 is 58.3 Å². The van der Waals surface area contributed by atoms with Crippen molar-refractivity contribution in [3.05, 3.63) is 11.4 Å². The molecule has 2 rings (SSSR count). The molecule has 0 saturated heterocycles. The van der Waals surface area contributed by atoms with Crippen LogP contribution in [0.5, 0.6) is 0 Å². The standard InChI is InChI=1S/C8H11IN2S.HI/c1-5-6(2)11-4-7(3-9)12-8(11)10-5;/h7H,3-4H2,1-2H3;1H. The predicted molar refractivity (Wildman–Crippen MR) is 75.6 cm³/mol. The van der Waals surface area contributed by atoms with E-state index in [4.69, 9.17) is 0 Å². The van der Waals surface area contributed by atoms with Gasteiger partial charge in [-0.1, -0.05) is 34.4 Å². The van der Waals surface area contributed by atoms with E-state index >= 15 is 0 Å². The van der Waals surface area contributed by atoms with Gasteiger partial charge in [-0.05, 0) is 13.8 Å². The summed E-state index contributed by atoms with van der Waals surface area (Å²) in [6.07, 6.45) is 0. The van der Waals surface area contributed by atoms with Gasteiger partial charge in [0.05, 0.1) is 5.69 Å². The maximum Gasteiger partial charge on any atom is 0.168 e. The van der Waals surface area contributed by atoms with Crippen LogP contribution in [-0.4, -0.2) is 19.2 Å². The van der Waals surface area contributed by atoms with Gasteiger partial charge < -0.3 is 4.57 Å². The Labute approximate surface area is 113 Å². The molecule has 2 heterocycles. The lowest BCUT2D eigenvalue weighted by atomic mass is 10.3. The summed E-state index contributed by atoms with van der Waals surface area (Å²) in [6, 6.07) is 0. The molecule has 0 fully saturated rings. The summed E-state index contributed by atoms with van der Waals surface area (Å²) in [5.41, 5.74) is 2.52. The first-order chi connectivity index (χ1) is 5.72. The molecule has 1 atom stereocenters. The molecule has 0 aromatic carbocycles. The van der Waals surface area contributed by atoms with E-state index in [1.165, 1.54) is 21.0 Å². The maximum absolute atomic E-state index is 4.51. The van der Waals surface area contributed by atoms with Gasteiger partial charge in [0.1, 0.15) is 0 Å². The van der Waals surface area contributed by atoms with Gasteiger partial charge in [-0.2, -0.15) is 0 Å². The molecular formula is C8H12I2N2S. The van der Waals surface area contributed by atoms with Gasteiger partial charge in [-0.25, -0.2) is 4.98 Å². The average molecular weight is 422 g/mol. The summed E-state index contributed by atoms with van der Waals surface area (Å²) in [6.45, 7) is 5.39. The van der Waals surface area contributed by atoms with Crippen LogP contribution in [0, 0.1) is 13.8 Å². The van der Waals surface area contributed by atoms with Gasteiger partial charge in [-0.3, -0.25) is 0 Å². The van der Waals surface area contributed by atoms with E-state index in [9.17, 15) is 0 Å². The summed E-state index contributed by atoms with van der Waals surface area (Å²) in [4.78, 5) is 4.51. The first kappa shape index (κ1) is 12.1. The fraction of sp³-hybridized carbons (Fsp3) is 0.625. The second-order valence-corrected chi connectivity index (χ2v) is 5.22. The zero-order valence-corrected chi connectivity index (χ0v) is 12.9. The van der Waals surface area contributed by atoms with Crippen LogP contribution < -0.4 is 0 Å². The normalized spacial score (nSPS) is 19.8. The van der Waals surface area contributed by atoms with E-state index in [0.29, 0.717) is 0 Å². The summed E-state index contributed by atoms with van der Waals surface area (Å²) in [7, 11) is 0. The first-order valence-electron chi connectivity index (χ1n) is 3.98. The average Bonchev–Trinajstić information content (AvgIpc) is 2.55. The van der Waals surface area contributed by atoms with Crippen molar-refractivity contribution in [3.8, 4) is 0 Å². The van der Waals surface area contributed by atoms with Crippen LogP contribution in [0.25, 0.3) is 0 Å². The van der Waals surface area contributed by atoms with Gasteiger partial charge in [0.2, 0.25) is 0 Å². The molecule has 0 amide bonds. The summed E-state index contributed by atoms with van der Waals surface area (Å²) >= 11 is 4.36. The molecule has 0 saturated carbocycles. The quantitative estimate of drug-likeness (QED) is 0.512. The van der Waals surface area contributed by atoms with Crippen molar-refractivity contribution < 1.29 is 0 Å². The van der Waals surface area contributed by atoms with Gasteiger partial charge in [0.15, 0.2) is 5.16 Å². The molecule has 2 nitrogen and oxygen atoms in total. The van der Waals surface area contributed by atoms with Crippen LogP contribution in [0.1, 0.15) is 11.4 Å². The van der Waals surface area contributed by atoms with Crippen molar-refractivity contribution in [2.75, 3.05) is 4.43 Å². The molecule has 0 radical (unpaired) electrons. The van der Waals surface area contributed by atoms with Gasteiger partial charge >= 0.3 is 0 Å². The number of imidazole rings is 1. The van der Waals surface area contributed by atoms with Crippen molar-refractivity contribution in [3.63, 3.8) is 0 Å². The number of rotatable bonds is 1. The number of nitrogens with zero attached hydrogens (tertiary/aromatic N) is 2. The van der Waals surface area contributed by atoms with E-state index in [1.54, 1.807) is 0 Å². The Morgan fingerprint density at radius 2 is 2.31 bits per heavy atom. The topological polar surface area (TPSA) is 17.8 Å². The number of thioether (sulfide) groups is 1. The second kappa shape index (κ2) is 4.69. The van der Waals surface area contributed by atoms with Crippen LogP contribution in [0.15, 0.2) is 5.16 Å². The highest BCUT2D eigenvalue weighted by molar-refractivity contribution is 14.1. The Morgan fingerprint density at radius 1 is 1.62 bits per heavy atom. The molecular weight excluding hydrogens is 410 g/mol. The third kappa shape index (κ3) is 2.17. The van der Waals surface area contributed by atoms with Gasteiger partial charge in [-0.15, -0.1) is 24.0 Å². The fourth-order valence-corrected chi connectivity index (χ4v) is 3.33. The predicted octanol–water partition coefficient (Wildman–Crippen LogP) is 3.03. The van der Waals surface area contributed by atoms with Crippen molar-refractivity contribution in [1.82, 2.24) is 9.55 Å². The van der Waals surface area contributed by atoms with Crippen molar-refractivity contribution in [2.45, 2.75) is 30.8 Å². The van der Waals surface area contributed by atoms with Gasteiger partial charge in [0, 0.05) is 21.9 Å². The van der Waals surface area contributed by atoms with Crippen LogP contribution >= 0.6 is 58.3 Å². The Bertz CT molecular complexity index is 311. The first-order valence-corrected chi connectivity index (χ1v) is 6.39. The van der Waals surface area contributed by atoms with Crippen LogP contribution in [-0.2, 0) is 6.54 Å². The van der Waals surface area contributed by atoms with Gasteiger partial charge in [0.25, 0.3) is 0 Å². The minimum Gasteiger partial charge on any atom is -0.322 e. The SMILES string of the molecule is Cc1nc2n(c1C)CC(CI)S2.I. The Hall–Kier alpha value is 1.02. The molecule has 0 N–H and O–H groups in total. The number of alkyl halides is 1. The molecule has 74 valence electrons. The number of halogens is 2.